The van der Waals surface area contributed by atoms with Gasteiger partial charge < -0.3 is 14.7 Å². The maximum absolute atomic E-state index is 12.7. The summed E-state index contributed by atoms with van der Waals surface area (Å²) in [6, 6.07) is 15.4. The van der Waals surface area contributed by atoms with Crippen LogP contribution < -0.4 is 4.74 Å². The number of Topliss-reactive ketones (excluding diaryl/α,β-unsaturated/α-hetero) is 1. The summed E-state index contributed by atoms with van der Waals surface area (Å²) in [4.78, 5) is 26.7. The summed E-state index contributed by atoms with van der Waals surface area (Å²) in [6.45, 7) is 6.51. The summed E-state index contributed by atoms with van der Waals surface area (Å²) in [6.07, 6.45) is 2.46. The molecule has 5 heteroatoms. The molecule has 0 radical (unpaired) electrons. The second kappa shape index (κ2) is 8.57. The summed E-state index contributed by atoms with van der Waals surface area (Å²) in [5, 5.41) is 10.9. The predicted octanol–water partition coefficient (Wildman–Crippen LogP) is 4.08. The van der Waals surface area contributed by atoms with Crippen LogP contribution in [0, 0.1) is 0 Å². The Kier molecular flexibility index (Phi) is 5.94. The number of hydrogen-bond donors (Lipinski definition) is 1. The summed E-state index contributed by atoms with van der Waals surface area (Å²) in [5.41, 5.74) is 1.30. The highest BCUT2D eigenvalue weighted by atomic mass is 16.5. The van der Waals surface area contributed by atoms with Gasteiger partial charge in [0.15, 0.2) is 0 Å². The van der Waals surface area contributed by atoms with E-state index in [-0.39, 0.29) is 17.9 Å². The van der Waals surface area contributed by atoms with Crippen molar-refractivity contribution in [3.8, 4) is 5.75 Å². The molecule has 0 spiro atoms. The van der Waals surface area contributed by atoms with E-state index in [1.807, 2.05) is 37.3 Å². The van der Waals surface area contributed by atoms with Gasteiger partial charge in [0.2, 0.25) is 0 Å². The van der Waals surface area contributed by atoms with Crippen LogP contribution in [0.25, 0.3) is 5.76 Å². The lowest BCUT2D eigenvalue weighted by atomic mass is 9.95. The molecule has 1 atom stereocenters. The number of hydrogen-bond acceptors (Lipinski definition) is 4. The summed E-state index contributed by atoms with van der Waals surface area (Å²) in [5.74, 6) is -0.844. The predicted molar refractivity (Wildman–Crippen MR) is 108 cm³/mol. The van der Waals surface area contributed by atoms with Gasteiger partial charge in [0, 0.05) is 12.1 Å². The highest BCUT2D eigenvalue weighted by Gasteiger charge is 2.45. The topological polar surface area (TPSA) is 66.8 Å². The van der Waals surface area contributed by atoms with E-state index in [0.29, 0.717) is 17.9 Å². The Hall–Kier alpha value is -3.34. The Balaban J connectivity index is 2.06. The first-order valence-corrected chi connectivity index (χ1v) is 9.26. The molecule has 3 rings (SSSR count). The van der Waals surface area contributed by atoms with Gasteiger partial charge in [0.1, 0.15) is 11.5 Å². The summed E-state index contributed by atoms with van der Waals surface area (Å²) < 4.78 is 5.55. The van der Waals surface area contributed by atoms with Crippen molar-refractivity contribution in [2.24, 2.45) is 0 Å². The smallest absolute Gasteiger partial charge is 0.295 e. The largest absolute Gasteiger partial charge is 0.507 e. The van der Waals surface area contributed by atoms with Crippen LogP contribution in [0.5, 0.6) is 5.75 Å². The molecule has 1 aliphatic heterocycles. The van der Waals surface area contributed by atoms with Gasteiger partial charge in [-0.15, -0.1) is 6.58 Å². The van der Waals surface area contributed by atoms with E-state index < -0.39 is 17.7 Å². The number of ether oxygens (including phenoxy) is 1. The molecule has 0 unspecified atom stereocenters. The second-order valence-corrected chi connectivity index (χ2v) is 6.52. The Morgan fingerprint density at radius 1 is 1.14 bits per heavy atom. The molecule has 1 fully saturated rings. The molecule has 1 aliphatic rings. The van der Waals surface area contributed by atoms with Crippen molar-refractivity contribution >= 4 is 17.4 Å². The van der Waals surface area contributed by atoms with Gasteiger partial charge in [-0.2, -0.15) is 0 Å². The molecule has 2 aromatic rings. The van der Waals surface area contributed by atoms with Crippen LogP contribution in [-0.2, 0) is 9.59 Å². The Morgan fingerprint density at radius 2 is 1.82 bits per heavy atom. The minimum absolute atomic E-state index is 0.0836. The molecule has 28 heavy (non-hydrogen) atoms. The molecular weight excluding hydrogens is 354 g/mol. The maximum atomic E-state index is 12.7. The van der Waals surface area contributed by atoms with Crippen molar-refractivity contribution in [3.05, 3.63) is 84.0 Å². The third kappa shape index (κ3) is 3.69. The monoisotopic (exact) mass is 377 g/mol. The molecule has 144 valence electrons. The lowest BCUT2D eigenvalue weighted by molar-refractivity contribution is -0.139. The Labute approximate surface area is 164 Å². The highest BCUT2D eigenvalue weighted by Crippen LogP contribution is 2.39. The number of nitrogens with zero attached hydrogens (tertiary/aromatic N) is 1. The third-order valence-corrected chi connectivity index (χ3v) is 4.58. The Morgan fingerprint density at radius 3 is 2.43 bits per heavy atom. The average Bonchev–Trinajstić information content (AvgIpc) is 2.98. The van der Waals surface area contributed by atoms with E-state index >= 15 is 0 Å². The van der Waals surface area contributed by atoms with Gasteiger partial charge >= 0.3 is 0 Å². The molecule has 1 N–H and O–H groups in total. The molecule has 0 saturated carbocycles. The molecule has 5 nitrogen and oxygen atoms in total. The Bertz CT molecular complexity index is 900. The fraction of sp³-hybridized carbons (Fsp3) is 0.217. The first kappa shape index (κ1) is 19.4. The van der Waals surface area contributed by atoms with E-state index in [2.05, 4.69) is 6.58 Å². The average molecular weight is 377 g/mol. The number of aliphatic hydroxyl groups is 1. The van der Waals surface area contributed by atoms with Crippen LogP contribution in [-0.4, -0.2) is 34.8 Å². The summed E-state index contributed by atoms with van der Waals surface area (Å²) in [7, 11) is 0. The number of rotatable bonds is 7. The molecule has 0 aromatic heterocycles. The first-order chi connectivity index (χ1) is 13.6. The number of amides is 1. The number of ketones is 1. The van der Waals surface area contributed by atoms with Crippen molar-refractivity contribution in [2.45, 2.75) is 19.4 Å². The number of carbonyl (C=O) groups is 2. The fourth-order valence-corrected chi connectivity index (χ4v) is 3.27. The molecule has 0 aliphatic carbocycles. The van der Waals surface area contributed by atoms with Gasteiger partial charge in [-0.3, -0.25) is 9.59 Å². The van der Waals surface area contributed by atoms with Gasteiger partial charge in [-0.05, 0) is 36.2 Å². The van der Waals surface area contributed by atoms with Crippen LogP contribution in [0.15, 0.2) is 72.8 Å². The molecule has 1 amide bonds. The van der Waals surface area contributed by atoms with Gasteiger partial charge in [-0.25, -0.2) is 0 Å². The van der Waals surface area contributed by atoms with E-state index in [0.717, 1.165) is 12.0 Å². The van der Waals surface area contributed by atoms with Crippen LogP contribution in [0.4, 0.5) is 0 Å². The van der Waals surface area contributed by atoms with Gasteiger partial charge in [0.05, 0.1) is 18.2 Å². The minimum Gasteiger partial charge on any atom is -0.507 e. The van der Waals surface area contributed by atoms with E-state index in [1.165, 1.54) is 4.90 Å². The number of carbonyl (C=O) groups excluding carboxylic acids is 2. The van der Waals surface area contributed by atoms with Crippen LogP contribution >= 0.6 is 0 Å². The molecule has 0 bridgehead atoms. The maximum Gasteiger partial charge on any atom is 0.295 e. The van der Waals surface area contributed by atoms with Crippen LogP contribution in [0.2, 0.25) is 0 Å². The molecular formula is C23H23NO4. The normalized spacial score (nSPS) is 18.3. The second-order valence-electron chi connectivity index (χ2n) is 6.52. The highest BCUT2D eigenvalue weighted by molar-refractivity contribution is 6.46. The van der Waals surface area contributed by atoms with E-state index in [1.54, 1.807) is 30.3 Å². The lowest BCUT2D eigenvalue weighted by Gasteiger charge is -2.24. The molecule has 2 aromatic carbocycles. The molecule has 1 heterocycles. The quantitative estimate of drug-likeness (QED) is 0.342. The first-order valence-electron chi connectivity index (χ1n) is 9.26. The lowest BCUT2D eigenvalue weighted by Crippen LogP contribution is -2.29. The molecule has 1 saturated heterocycles. The number of aliphatic hydroxyl groups excluding tert-OH is 1. The van der Waals surface area contributed by atoms with Crippen LogP contribution in [0.3, 0.4) is 0 Å². The summed E-state index contributed by atoms with van der Waals surface area (Å²) >= 11 is 0. The zero-order valence-corrected chi connectivity index (χ0v) is 15.8. The van der Waals surface area contributed by atoms with Gasteiger partial charge in [0.25, 0.3) is 11.7 Å². The zero-order chi connectivity index (χ0) is 20.1. The number of likely N-dealkylation sites (tertiary alicyclic amines) is 1. The number of benzene rings is 2. The van der Waals surface area contributed by atoms with Crippen molar-refractivity contribution in [3.63, 3.8) is 0 Å². The van der Waals surface area contributed by atoms with Crippen LogP contribution in [0.1, 0.15) is 30.5 Å². The minimum atomic E-state index is -0.695. The zero-order valence-electron chi connectivity index (χ0n) is 15.8. The standard InChI is InChI=1S/C23H23NO4/c1-3-14-24-20(16-8-6-5-7-9-16)19(22(26)23(24)27)21(25)17-10-12-18(13-11-17)28-15-4-2/h3,5-13,20,25H,1,4,14-15H2,2H3/t20-/m0/s1. The van der Waals surface area contributed by atoms with Crippen molar-refractivity contribution in [1.82, 2.24) is 4.90 Å². The van der Waals surface area contributed by atoms with Crippen molar-refractivity contribution < 1.29 is 19.4 Å². The van der Waals surface area contributed by atoms with E-state index in [9.17, 15) is 14.7 Å². The van der Waals surface area contributed by atoms with Gasteiger partial charge in [-0.1, -0.05) is 43.3 Å². The van der Waals surface area contributed by atoms with Crippen molar-refractivity contribution in [1.29, 1.82) is 0 Å². The van der Waals surface area contributed by atoms with Crippen molar-refractivity contribution in [2.75, 3.05) is 13.2 Å². The third-order valence-electron chi connectivity index (χ3n) is 4.58. The fourth-order valence-electron chi connectivity index (χ4n) is 3.27. The van der Waals surface area contributed by atoms with E-state index in [4.69, 9.17) is 4.74 Å². The SMILES string of the molecule is C=CCN1C(=O)C(=O)C(=C(O)c2ccc(OCCC)cc2)[C@@H]1c1ccccc1.